The van der Waals surface area contributed by atoms with Crippen molar-refractivity contribution in [3.63, 3.8) is 0 Å². The van der Waals surface area contributed by atoms with E-state index in [1.807, 2.05) is 0 Å². The summed E-state index contributed by atoms with van der Waals surface area (Å²) < 4.78 is 2.22. The number of nitrogens with zero attached hydrogens (tertiary/aromatic N) is 3. The van der Waals surface area contributed by atoms with Crippen LogP contribution in [0.2, 0.25) is 0 Å². The lowest BCUT2D eigenvalue weighted by molar-refractivity contribution is 0.486. The van der Waals surface area contributed by atoms with Crippen molar-refractivity contribution in [1.29, 1.82) is 0 Å². The average Bonchev–Trinajstić information content (AvgIpc) is 2.47. The summed E-state index contributed by atoms with van der Waals surface area (Å²) >= 11 is 0. The highest BCUT2D eigenvalue weighted by molar-refractivity contribution is 5.85. The fourth-order valence-corrected chi connectivity index (χ4v) is 1.54. The first kappa shape index (κ1) is 13.7. The van der Waals surface area contributed by atoms with Crippen molar-refractivity contribution in [3.05, 3.63) is 11.6 Å². The Labute approximate surface area is 96.3 Å². The molecule has 1 aromatic heterocycles. The fraction of sp³-hybridized carbons (Fsp3) is 0.750. The van der Waals surface area contributed by atoms with Gasteiger partial charge in [0, 0.05) is 19.0 Å². The Hall–Kier alpha value is -0.320. The molecule has 1 aliphatic heterocycles. The zero-order valence-corrected chi connectivity index (χ0v) is 9.99. The van der Waals surface area contributed by atoms with Crippen LogP contribution in [0.5, 0.6) is 0 Å². The van der Waals surface area contributed by atoms with Crippen LogP contribution < -0.4 is 5.32 Å². The van der Waals surface area contributed by atoms with E-state index in [9.17, 15) is 0 Å². The molecule has 0 amide bonds. The number of nitrogens with one attached hydrogen (secondary N) is 1. The van der Waals surface area contributed by atoms with Gasteiger partial charge in [-0.2, -0.15) is 0 Å². The molecular weight excluding hydrogens is 223 g/mol. The lowest BCUT2D eigenvalue weighted by Crippen LogP contribution is -2.29. The number of hydrogen-bond acceptors (Lipinski definition) is 3. The Morgan fingerprint density at radius 2 is 2.00 bits per heavy atom. The van der Waals surface area contributed by atoms with Gasteiger partial charge in [-0.15, -0.1) is 35.0 Å². The van der Waals surface area contributed by atoms with E-state index < -0.39 is 0 Å². The van der Waals surface area contributed by atoms with Crippen molar-refractivity contribution < 1.29 is 0 Å². The van der Waals surface area contributed by atoms with Gasteiger partial charge in [0.2, 0.25) is 0 Å². The quantitative estimate of drug-likeness (QED) is 0.804. The number of aromatic nitrogens is 3. The van der Waals surface area contributed by atoms with Crippen molar-refractivity contribution in [1.82, 2.24) is 20.1 Å². The first-order valence-electron chi connectivity index (χ1n) is 4.41. The summed E-state index contributed by atoms with van der Waals surface area (Å²) in [5, 5.41) is 11.6. The van der Waals surface area contributed by atoms with Crippen molar-refractivity contribution in [2.75, 3.05) is 6.54 Å². The van der Waals surface area contributed by atoms with Gasteiger partial charge in [0.05, 0.1) is 6.54 Å². The minimum absolute atomic E-state index is 0. The molecule has 82 valence electrons. The third kappa shape index (κ3) is 2.38. The van der Waals surface area contributed by atoms with Crippen molar-refractivity contribution in [2.45, 2.75) is 32.9 Å². The van der Waals surface area contributed by atoms with E-state index in [1.54, 1.807) is 0 Å². The third-order valence-electron chi connectivity index (χ3n) is 2.17. The van der Waals surface area contributed by atoms with Gasteiger partial charge in [-0.05, 0) is 0 Å². The molecule has 0 aliphatic carbocycles. The van der Waals surface area contributed by atoms with Gasteiger partial charge in [-0.25, -0.2) is 0 Å². The summed E-state index contributed by atoms with van der Waals surface area (Å²) in [5.41, 5.74) is 0. The summed E-state index contributed by atoms with van der Waals surface area (Å²) in [7, 11) is 0. The Morgan fingerprint density at radius 3 is 2.64 bits per heavy atom. The normalized spacial score (nSPS) is 14.2. The Kier molecular flexibility index (Phi) is 5.41. The molecule has 0 bridgehead atoms. The van der Waals surface area contributed by atoms with Crippen molar-refractivity contribution in [3.8, 4) is 0 Å². The predicted molar refractivity (Wildman–Crippen MR) is 60.3 cm³/mol. The maximum atomic E-state index is 4.17. The lowest BCUT2D eigenvalue weighted by atomic mass is 10.2. The average molecular weight is 239 g/mol. The Morgan fingerprint density at radius 1 is 1.29 bits per heavy atom. The molecule has 4 nitrogen and oxygen atoms in total. The van der Waals surface area contributed by atoms with Crippen LogP contribution in [0.1, 0.15) is 31.4 Å². The van der Waals surface area contributed by atoms with E-state index >= 15 is 0 Å². The van der Waals surface area contributed by atoms with Crippen LogP contribution in [-0.4, -0.2) is 21.3 Å². The highest BCUT2D eigenvalue weighted by atomic mass is 35.5. The summed E-state index contributed by atoms with van der Waals surface area (Å²) in [6, 6.07) is 0. The molecule has 0 fully saturated rings. The number of fused-ring (bicyclic) bond motifs is 1. The smallest absolute Gasteiger partial charge is 0.147 e. The molecule has 1 aromatic rings. The first-order valence-corrected chi connectivity index (χ1v) is 4.41. The molecule has 0 radical (unpaired) electrons. The van der Waals surface area contributed by atoms with Crippen LogP contribution in [0.15, 0.2) is 0 Å². The van der Waals surface area contributed by atoms with Gasteiger partial charge < -0.3 is 9.88 Å². The predicted octanol–water partition coefficient (Wildman–Crippen LogP) is 1.35. The molecule has 0 spiro atoms. The third-order valence-corrected chi connectivity index (χ3v) is 2.17. The standard InChI is InChI=1S/C8H14N4.2ClH/c1-6(2)8-11-10-7-5-9-3-4-12(7)8;;/h6,9H,3-5H2,1-2H3;2*1H. The summed E-state index contributed by atoms with van der Waals surface area (Å²) in [6.07, 6.45) is 0. The highest BCUT2D eigenvalue weighted by Gasteiger charge is 2.16. The summed E-state index contributed by atoms with van der Waals surface area (Å²) in [5.74, 6) is 2.67. The Bertz CT molecular complexity index is 285. The van der Waals surface area contributed by atoms with Gasteiger partial charge in [-0.3, -0.25) is 0 Å². The number of halogens is 2. The molecule has 2 heterocycles. The molecule has 0 saturated heterocycles. The van der Waals surface area contributed by atoms with Gasteiger partial charge in [-0.1, -0.05) is 13.8 Å². The monoisotopic (exact) mass is 238 g/mol. The SMILES string of the molecule is CC(C)c1nnc2n1CCNC2.Cl.Cl. The van der Waals surface area contributed by atoms with Crippen molar-refractivity contribution in [2.24, 2.45) is 0 Å². The molecule has 14 heavy (non-hydrogen) atoms. The second-order valence-corrected chi connectivity index (χ2v) is 3.46. The highest BCUT2D eigenvalue weighted by Crippen LogP contribution is 2.14. The number of hydrogen-bond donors (Lipinski definition) is 1. The Balaban J connectivity index is 0.000000845. The van der Waals surface area contributed by atoms with Crippen LogP contribution >= 0.6 is 24.8 Å². The van der Waals surface area contributed by atoms with Crippen LogP contribution in [0, 0.1) is 0 Å². The molecule has 0 atom stereocenters. The fourth-order valence-electron chi connectivity index (χ4n) is 1.54. The van der Waals surface area contributed by atoms with E-state index in [4.69, 9.17) is 0 Å². The summed E-state index contributed by atoms with van der Waals surface area (Å²) in [4.78, 5) is 0. The second-order valence-electron chi connectivity index (χ2n) is 3.46. The van der Waals surface area contributed by atoms with Crippen LogP contribution in [-0.2, 0) is 13.1 Å². The van der Waals surface area contributed by atoms with E-state index in [-0.39, 0.29) is 24.8 Å². The molecule has 0 saturated carbocycles. The van der Waals surface area contributed by atoms with Gasteiger partial charge in [0.1, 0.15) is 11.6 Å². The minimum atomic E-state index is 0. The largest absolute Gasteiger partial charge is 0.312 e. The van der Waals surface area contributed by atoms with E-state index in [0.29, 0.717) is 5.92 Å². The van der Waals surface area contributed by atoms with Crippen LogP contribution in [0.4, 0.5) is 0 Å². The molecule has 2 rings (SSSR count). The molecule has 0 unspecified atom stereocenters. The summed E-state index contributed by atoms with van der Waals surface area (Å²) in [6.45, 7) is 7.21. The maximum absolute atomic E-state index is 4.17. The van der Waals surface area contributed by atoms with Gasteiger partial charge in [0.15, 0.2) is 0 Å². The van der Waals surface area contributed by atoms with Crippen molar-refractivity contribution >= 4 is 24.8 Å². The van der Waals surface area contributed by atoms with Crippen LogP contribution in [0.25, 0.3) is 0 Å². The molecular formula is C8H16Cl2N4. The first-order chi connectivity index (χ1) is 5.79. The van der Waals surface area contributed by atoms with Gasteiger partial charge >= 0.3 is 0 Å². The minimum Gasteiger partial charge on any atom is -0.312 e. The van der Waals surface area contributed by atoms with E-state index in [2.05, 4.69) is 33.9 Å². The zero-order chi connectivity index (χ0) is 8.55. The van der Waals surface area contributed by atoms with E-state index in [1.165, 1.54) is 0 Å². The number of rotatable bonds is 1. The van der Waals surface area contributed by atoms with Crippen LogP contribution in [0.3, 0.4) is 0 Å². The molecule has 0 aromatic carbocycles. The maximum Gasteiger partial charge on any atom is 0.147 e. The lowest BCUT2D eigenvalue weighted by Gasteiger charge is -2.16. The topological polar surface area (TPSA) is 42.7 Å². The second kappa shape index (κ2) is 5.53. The molecule has 1 aliphatic rings. The molecule has 6 heteroatoms. The van der Waals surface area contributed by atoms with Gasteiger partial charge in [0.25, 0.3) is 0 Å². The zero-order valence-electron chi connectivity index (χ0n) is 8.36. The van der Waals surface area contributed by atoms with E-state index in [0.717, 1.165) is 31.3 Å². The molecule has 1 N–H and O–H groups in total.